The van der Waals surface area contributed by atoms with Crippen LogP contribution in [0.3, 0.4) is 0 Å². The molecule has 1 heterocycles. The third-order valence-electron chi connectivity index (χ3n) is 4.01. The fourth-order valence-electron chi connectivity index (χ4n) is 2.44. The number of nitrogens with zero attached hydrogens (tertiary/aromatic N) is 2. The van der Waals surface area contributed by atoms with Gasteiger partial charge in [0.25, 0.3) is 5.91 Å². The number of ether oxygens (including phenoxy) is 2. The molecule has 8 nitrogen and oxygen atoms in total. The molecule has 2 aromatic carbocycles. The average Bonchev–Trinajstić information content (AvgIpc) is 2.78. The average molecular weight is 427 g/mol. The van der Waals surface area contributed by atoms with Crippen LogP contribution in [0.15, 0.2) is 61.2 Å². The Bertz CT molecular complexity index is 1010. The standard InChI is InChI=1S/C21H19ClN4O4/c1-29-17-6-7-19(18(22)8-17)30-16-4-2-14(3-5-16)9-25-20(27)12-26-21(28)15-10-23-13-24-11-15/h2-8,10-11,13H,9,12H2,1H3,(H,25,27)(H,26,28). The highest BCUT2D eigenvalue weighted by Gasteiger charge is 2.09. The third-order valence-corrected chi connectivity index (χ3v) is 4.31. The Labute approximate surface area is 178 Å². The number of hydrogen-bond acceptors (Lipinski definition) is 6. The lowest BCUT2D eigenvalue weighted by molar-refractivity contribution is -0.120. The molecular weight excluding hydrogens is 408 g/mol. The minimum Gasteiger partial charge on any atom is -0.497 e. The first-order chi connectivity index (χ1) is 14.5. The van der Waals surface area contributed by atoms with E-state index in [0.717, 1.165) is 5.56 Å². The van der Waals surface area contributed by atoms with Crippen LogP contribution < -0.4 is 20.1 Å². The van der Waals surface area contributed by atoms with Gasteiger partial charge in [0.15, 0.2) is 0 Å². The molecule has 30 heavy (non-hydrogen) atoms. The minimum absolute atomic E-state index is 0.148. The van der Waals surface area contributed by atoms with E-state index in [1.807, 2.05) is 12.1 Å². The summed E-state index contributed by atoms with van der Waals surface area (Å²) in [6.07, 6.45) is 4.08. The van der Waals surface area contributed by atoms with Crippen molar-refractivity contribution in [3.63, 3.8) is 0 Å². The predicted molar refractivity (Wildman–Crippen MR) is 111 cm³/mol. The number of halogens is 1. The van der Waals surface area contributed by atoms with Gasteiger partial charge in [0.2, 0.25) is 5.91 Å². The summed E-state index contributed by atoms with van der Waals surface area (Å²) in [5.41, 5.74) is 1.16. The second-order valence-electron chi connectivity index (χ2n) is 6.13. The van der Waals surface area contributed by atoms with Crippen LogP contribution in [0.4, 0.5) is 0 Å². The van der Waals surface area contributed by atoms with E-state index in [-0.39, 0.29) is 18.0 Å². The molecule has 2 amide bonds. The molecule has 0 spiro atoms. The zero-order valence-electron chi connectivity index (χ0n) is 16.1. The number of aromatic nitrogens is 2. The molecule has 2 N–H and O–H groups in total. The Morgan fingerprint density at radius 3 is 2.37 bits per heavy atom. The number of rotatable bonds is 8. The number of amides is 2. The predicted octanol–water partition coefficient (Wildman–Crippen LogP) is 2.98. The van der Waals surface area contributed by atoms with Crippen LogP contribution in [0, 0.1) is 0 Å². The molecule has 0 aliphatic rings. The molecule has 0 aliphatic carbocycles. The molecule has 9 heteroatoms. The first kappa shape index (κ1) is 21.1. The van der Waals surface area contributed by atoms with Crippen molar-refractivity contribution in [2.45, 2.75) is 6.54 Å². The van der Waals surface area contributed by atoms with E-state index in [0.29, 0.717) is 28.8 Å². The minimum atomic E-state index is -0.413. The van der Waals surface area contributed by atoms with Crippen LogP contribution in [0.25, 0.3) is 0 Å². The van der Waals surface area contributed by atoms with Crippen molar-refractivity contribution in [2.75, 3.05) is 13.7 Å². The molecule has 0 saturated heterocycles. The lowest BCUT2D eigenvalue weighted by Crippen LogP contribution is -2.36. The molecule has 0 radical (unpaired) electrons. The number of nitrogens with one attached hydrogen (secondary N) is 2. The van der Waals surface area contributed by atoms with Crippen molar-refractivity contribution >= 4 is 23.4 Å². The number of carbonyl (C=O) groups is 2. The van der Waals surface area contributed by atoms with Gasteiger partial charge >= 0.3 is 0 Å². The number of hydrogen-bond donors (Lipinski definition) is 2. The second-order valence-corrected chi connectivity index (χ2v) is 6.54. The summed E-state index contributed by atoms with van der Waals surface area (Å²) >= 11 is 6.18. The van der Waals surface area contributed by atoms with Gasteiger partial charge in [0.1, 0.15) is 23.6 Å². The summed E-state index contributed by atoms with van der Waals surface area (Å²) in [6.45, 7) is 0.164. The Kier molecular flexibility index (Phi) is 7.18. The molecule has 0 atom stereocenters. The number of benzene rings is 2. The van der Waals surface area contributed by atoms with Crippen LogP contribution in [0.5, 0.6) is 17.2 Å². The van der Waals surface area contributed by atoms with Gasteiger partial charge in [-0.3, -0.25) is 9.59 Å². The highest BCUT2D eigenvalue weighted by Crippen LogP contribution is 2.32. The van der Waals surface area contributed by atoms with Crippen molar-refractivity contribution < 1.29 is 19.1 Å². The van der Waals surface area contributed by atoms with Gasteiger partial charge in [-0.25, -0.2) is 9.97 Å². The summed E-state index contributed by atoms with van der Waals surface area (Å²) in [5, 5.41) is 5.69. The van der Waals surface area contributed by atoms with E-state index in [9.17, 15) is 9.59 Å². The Morgan fingerprint density at radius 2 is 1.70 bits per heavy atom. The quantitative estimate of drug-likeness (QED) is 0.574. The number of carbonyl (C=O) groups excluding carboxylic acids is 2. The molecule has 0 saturated carbocycles. The van der Waals surface area contributed by atoms with Crippen molar-refractivity contribution in [3.8, 4) is 17.2 Å². The Hall–Kier alpha value is -3.65. The van der Waals surface area contributed by atoms with Crippen LogP contribution in [-0.2, 0) is 11.3 Å². The SMILES string of the molecule is COc1ccc(Oc2ccc(CNC(=O)CNC(=O)c3cncnc3)cc2)c(Cl)c1. The van der Waals surface area contributed by atoms with Gasteiger partial charge in [-0.15, -0.1) is 0 Å². The van der Waals surface area contributed by atoms with Gasteiger partial charge in [0.05, 0.1) is 24.2 Å². The van der Waals surface area contributed by atoms with Crippen molar-refractivity contribution in [3.05, 3.63) is 77.3 Å². The molecule has 0 fully saturated rings. The van der Waals surface area contributed by atoms with Gasteiger partial charge in [0, 0.05) is 25.0 Å². The van der Waals surface area contributed by atoms with Crippen molar-refractivity contribution in [1.82, 2.24) is 20.6 Å². The highest BCUT2D eigenvalue weighted by atomic mass is 35.5. The second kappa shape index (κ2) is 10.2. The molecule has 3 rings (SSSR count). The fraction of sp³-hybridized carbons (Fsp3) is 0.143. The van der Waals surface area contributed by atoms with Crippen LogP contribution in [0.1, 0.15) is 15.9 Å². The number of methoxy groups -OCH3 is 1. The van der Waals surface area contributed by atoms with E-state index in [1.165, 1.54) is 18.7 Å². The van der Waals surface area contributed by atoms with Gasteiger partial charge in [-0.1, -0.05) is 23.7 Å². The molecule has 1 aromatic heterocycles. The van der Waals surface area contributed by atoms with Crippen molar-refractivity contribution in [1.29, 1.82) is 0 Å². The summed E-state index contributed by atoms with van der Waals surface area (Å²) in [7, 11) is 1.57. The largest absolute Gasteiger partial charge is 0.497 e. The smallest absolute Gasteiger partial charge is 0.254 e. The maximum Gasteiger partial charge on any atom is 0.254 e. The van der Waals surface area contributed by atoms with Crippen molar-refractivity contribution in [2.24, 2.45) is 0 Å². The van der Waals surface area contributed by atoms with Crippen LogP contribution in [-0.4, -0.2) is 35.4 Å². The van der Waals surface area contributed by atoms with Crippen LogP contribution >= 0.6 is 11.6 Å². The summed E-state index contributed by atoms with van der Waals surface area (Å²) in [4.78, 5) is 31.3. The fourth-order valence-corrected chi connectivity index (χ4v) is 2.64. The van der Waals surface area contributed by atoms with Gasteiger partial charge < -0.3 is 20.1 Å². The summed E-state index contributed by atoms with van der Waals surface area (Å²) in [6, 6.07) is 12.4. The molecule has 3 aromatic rings. The van der Waals surface area contributed by atoms with Gasteiger partial charge in [-0.2, -0.15) is 0 Å². The Balaban J connectivity index is 1.46. The first-order valence-electron chi connectivity index (χ1n) is 8.95. The van der Waals surface area contributed by atoms with E-state index in [4.69, 9.17) is 21.1 Å². The monoisotopic (exact) mass is 426 g/mol. The zero-order valence-corrected chi connectivity index (χ0v) is 16.8. The summed E-state index contributed by atoms with van der Waals surface area (Å²) in [5.74, 6) is 1.04. The third kappa shape index (κ3) is 5.92. The molecule has 0 bridgehead atoms. The zero-order chi connectivity index (χ0) is 21.3. The van der Waals surface area contributed by atoms with Crippen LogP contribution in [0.2, 0.25) is 5.02 Å². The van der Waals surface area contributed by atoms with Gasteiger partial charge in [-0.05, 0) is 29.8 Å². The Morgan fingerprint density at radius 1 is 1.00 bits per heavy atom. The van der Waals surface area contributed by atoms with E-state index < -0.39 is 5.91 Å². The van der Waals surface area contributed by atoms with E-state index in [2.05, 4.69) is 20.6 Å². The summed E-state index contributed by atoms with van der Waals surface area (Å²) < 4.78 is 10.9. The maximum atomic E-state index is 11.9. The molecule has 0 unspecified atom stereocenters. The molecule has 0 aliphatic heterocycles. The first-order valence-corrected chi connectivity index (χ1v) is 9.33. The topological polar surface area (TPSA) is 102 Å². The maximum absolute atomic E-state index is 11.9. The van der Waals surface area contributed by atoms with E-state index in [1.54, 1.807) is 37.4 Å². The molecular formula is C21H19ClN4O4. The van der Waals surface area contributed by atoms with E-state index >= 15 is 0 Å². The lowest BCUT2D eigenvalue weighted by atomic mass is 10.2. The normalized spacial score (nSPS) is 10.2. The molecule has 154 valence electrons. The lowest BCUT2D eigenvalue weighted by Gasteiger charge is -2.10. The highest BCUT2D eigenvalue weighted by molar-refractivity contribution is 6.32.